The van der Waals surface area contributed by atoms with Crippen molar-refractivity contribution in [2.75, 3.05) is 26.2 Å². The van der Waals surface area contributed by atoms with Gasteiger partial charge in [0.1, 0.15) is 5.52 Å². The molecule has 0 atom stereocenters. The highest BCUT2D eigenvalue weighted by Crippen LogP contribution is 2.13. The quantitative estimate of drug-likeness (QED) is 0.839. The number of nitrogens with one attached hydrogen (secondary N) is 1. The van der Waals surface area contributed by atoms with Gasteiger partial charge in [-0.3, -0.25) is 4.79 Å². The number of fused-ring (bicyclic) bond motifs is 1. The van der Waals surface area contributed by atoms with Crippen LogP contribution in [0.15, 0.2) is 18.2 Å². The van der Waals surface area contributed by atoms with Gasteiger partial charge in [-0.15, -0.1) is 5.10 Å². The largest absolute Gasteiger partial charge is 0.351 e. The van der Waals surface area contributed by atoms with Gasteiger partial charge in [-0.1, -0.05) is 19.1 Å². The summed E-state index contributed by atoms with van der Waals surface area (Å²) in [7, 11) is 0. The average molecular weight is 289 g/mol. The van der Waals surface area contributed by atoms with Crippen molar-refractivity contribution >= 4 is 16.9 Å². The summed E-state index contributed by atoms with van der Waals surface area (Å²) in [4.78, 5) is 14.4. The van der Waals surface area contributed by atoms with Crippen LogP contribution >= 0.6 is 0 Å². The summed E-state index contributed by atoms with van der Waals surface area (Å²) in [6, 6.07) is 5.52. The molecule has 0 fully saturated rings. The zero-order valence-corrected chi connectivity index (χ0v) is 13.0. The van der Waals surface area contributed by atoms with Crippen LogP contribution in [0.5, 0.6) is 0 Å². The van der Waals surface area contributed by atoms with E-state index in [4.69, 9.17) is 0 Å². The molecule has 21 heavy (non-hydrogen) atoms. The lowest BCUT2D eigenvalue weighted by molar-refractivity contribution is 0.0949. The Morgan fingerprint density at radius 1 is 1.29 bits per heavy atom. The number of nitrogens with zero attached hydrogens (tertiary/aromatic N) is 4. The van der Waals surface area contributed by atoms with E-state index in [0.29, 0.717) is 12.1 Å². The molecular weight excluding hydrogens is 266 g/mol. The van der Waals surface area contributed by atoms with E-state index in [-0.39, 0.29) is 5.91 Å². The summed E-state index contributed by atoms with van der Waals surface area (Å²) in [5.74, 6) is -0.0601. The SMILES string of the molecule is CCN(CC)CCNC(=O)c1ccc2c(c1)nnn2CC. The molecule has 1 aromatic heterocycles. The first kappa shape index (κ1) is 15.4. The number of carbonyl (C=O) groups excluding carboxylic acids is 1. The Morgan fingerprint density at radius 3 is 2.71 bits per heavy atom. The predicted molar refractivity (Wildman–Crippen MR) is 83.3 cm³/mol. The van der Waals surface area contributed by atoms with Gasteiger partial charge in [0.05, 0.1) is 5.52 Å². The van der Waals surface area contributed by atoms with E-state index in [9.17, 15) is 4.79 Å². The number of aryl methyl sites for hydroxylation is 1. The van der Waals surface area contributed by atoms with Crippen LogP contribution in [0.4, 0.5) is 0 Å². The fraction of sp³-hybridized carbons (Fsp3) is 0.533. The molecule has 0 saturated carbocycles. The Morgan fingerprint density at radius 2 is 2.05 bits per heavy atom. The van der Waals surface area contributed by atoms with Gasteiger partial charge in [-0.25, -0.2) is 4.68 Å². The minimum Gasteiger partial charge on any atom is -0.351 e. The van der Waals surface area contributed by atoms with Crippen LogP contribution < -0.4 is 5.32 Å². The van der Waals surface area contributed by atoms with Crippen LogP contribution in [0.1, 0.15) is 31.1 Å². The van der Waals surface area contributed by atoms with Crippen molar-refractivity contribution in [3.05, 3.63) is 23.8 Å². The lowest BCUT2D eigenvalue weighted by Crippen LogP contribution is -2.34. The number of carbonyl (C=O) groups is 1. The van der Waals surface area contributed by atoms with Crippen LogP contribution in [0, 0.1) is 0 Å². The zero-order chi connectivity index (χ0) is 15.2. The van der Waals surface area contributed by atoms with Gasteiger partial charge in [0.25, 0.3) is 5.91 Å². The summed E-state index contributed by atoms with van der Waals surface area (Å²) < 4.78 is 1.82. The molecule has 0 aliphatic carbocycles. The fourth-order valence-electron chi connectivity index (χ4n) is 2.32. The first-order valence-electron chi connectivity index (χ1n) is 7.53. The maximum Gasteiger partial charge on any atom is 0.251 e. The molecule has 0 aliphatic rings. The summed E-state index contributed by atoms with van der Waals surface area (Å²) in [5.41, 5.74) is 2.34. The smallest absolute Gasteiger partial charge is 0.251 e. The molecule has 1 amide bonds. The molecule has 0 radical (unpaired) electrons. The van der Waals surface area contributed by atoms with Crippen LogP contribution in [0.3, 0.4) is 0 Å². The Labute approximate surface area is 125 Å². The molecule has 0 unspecified atom stereocenters. The number of amides is 1. The molecule has 6 nitrogen and oxygen atoms in total. The number of likely N-dealkylation sites (N-methyl/N-ethyl adjacent to an activating group) is 1. The van der Waals surface area contributed by atoms with Crippen LogP contribution in [-0.2, 0) is 6.54 Å². The third kappa shape index (κ3) is 3.58. The third-order valence-electron chi connectivity index (χ3n) is 3.68. The highest BCUT2D eigenvalue weighted by Gasteiger charge is 2.09. The van der Waals surface area contributed by atoms with E-state index in [1.165, 1.54) is 0 Å². The van der Waals surface area contributed by atoms with Crippen molar-refractivity contribution in [2.45, 2.75) is 27.3 Å². The van der Waals surface area contributed by atoms with Gasteiger partial charge in [0, 0.05) is 25.2 Å². The van der Waals surface area contributed by atoms with E-state index in [1.807, 2.05) is 23.7 Å². The van der Waals surface area contributed by atoms with Crippen LogP contribution in [0.25, 0.3) is 11.0 Å². The van der Waals surface area contributed by atoms with Crippen LogP contribution in [-0.4, -0.2) is 52.0 Å². The van der Waals surface area contributed by atoms with E-state index in [1.54, 1.807) is 6.07 Å². The number of hydrogen-bond donors (Lipinski definition) is 1. The van der Waals surface area contributed by atoms with Crippen LogP contribution in [0.2, 0.25) is 0 Å². The highest BCUT2D eigenvalue weighted by atomic mass is 16.1. The molecule has 2 aromatic rings. The topological polar surface area (TPSA) is 63.1 Å². The maximum atomic E-state index is 12.1. The highest BCUT2D eigenvalue weighted by molar-refractivity contribution is 5.97. The molecule has 0 saturated heterocycles. The van der Waals surface area contributed by atoms with Crippen molar-refractivity contribution in [1.82, 2.24) is 25.2 Å². The molecular formula is C15H23N5O. The van der Waals surface area contributed by atoms with E-state index in [0.717, 1.165) is 37.2 Å². The Kier molecular flexibility index (Phi) is 5.27. The van der Waals surface area contributed by atoms with Gasteiger partial charge in [-0.2, -0.15) is 0 Å². The number of benzene rings is 1. The van der Waals surface area contributed by atoms with Gasteiger partial charge >= 0.3 is 0 Å². The van der Waals surface area contributed by atoms with Gasteiger partial charge in [0.2, 0.25) is 0 Å². The number of aromatic nitrogens is 3. The molecule has 0 bridgehead atoms. The first-order chi connectivity index (χ1) is 10.2. The summed E-state index contributed by atoms with van der Waals surface area (Å²) in [5, 5.41) is 11.1. The summed E-state index contributed by atoms with van der Waals surface area (Å²) in [6.07, 6.45) is 0. The normalized spacial score (nSPS) is 11.2. The molecule has 0 aliphatic heterocycles. The molecule has 0 spiro atoms. The number of rotatable bonds is 7. The molecule has 114 valence electrons. The van der Waals surface area contributed by atoms with Gasteiger partial charge < -0.3 is 10.2 Å². The van der Waals surface area contributed by atoms with Crippen molar-refractivity contribution in [3.63, 3.8) is 0 Å². The zero-order valence-electron chi connectivity index (χ0n) is 13.0. The second kappa shape index (κ2) is 7.17. The molecule has 2 rings (SSSR count). The van der Waals surface area contributed by atoms with Crippen molar-refractivity contribution in [3.8, 4) is 0 Å². The van der Waals surface area contributed by atoms with Crippen molar-refractivity contribution in [1.29, 1.82) is 0 Å². The van der Waals surface area contributed by atoms with E-state index < -0.39 is 0 Å². The predicted octanol–water partition coefficient (Wildman–Crippen LogP) is 1.52. The minimum absolute atomic E-state index is 0.0601. The van der Waals surface area contributed by atoms with E-state index in [2.05, 4.69) is 34.4 Å². The molecule has 1 N–H and O–H groups in total. The average Bonchev–Trinajstić information content (AvgIpc) is 2.93. The molecule has 6 heteroatoms. The Bertz CT molecular complexity index is 603. The van der Waals surface area contributed by atoms with Gasteiger partial charge in [0.15, 0.2) is 0 Å². The maximum absolute atomic E-state index is 12.1. The third-order valence-corrected chi connectivity index (χ3v) is 3.68. The Hall–Kier alpha value is -1.95. The Balaban J connectivity index is 1.99. The molecule has 1 aromatic carbocycles. The van der Waals surface area contributed by atoms with Gasteiger partial charge in [-0.05, 0) is 38.2 Å². The summed E-state index contributed by atoms with van der Waals surface area (Å²) in [6.45, 7) is 10.5. The molecule has 1 heterocycles. The lowest BCUT2D eigenvalue weighted by Gasteiger charge is -2.17. The summed E-state index contributed by atoms with van der Waals surface area (Å²) >= 11 is 0. The standard InChI is InChI=1S/C15H23N5O/c1-4-19(5-2)10-9-16-15(21)12-7-8-14-13(11-12)17-18-20(14)6-3/h7-8,11H,4-6,9-10H2,1-3H3,(H,16,21). The number of hydrogen-bond acceptors (Lipinski definition) is 4. The lowest BCUT2D eigenvalue weighted by atomic mass is 10.2. The second-order valence-electron chi connectivity index (χ2n) is 4.89. The van der Waals surface area contributed by atoms with Crippen molar-refractivity contribution in [2.24, 2.45) is 0 Å². The van der Waals surface area contributed by atoms with Crippen molar-refractivity contribution < 1.29 is 4.79 Å². The minimum atomic E-state index is -0.0601. The second-order valence-corrected chi connectivity index (χ2v) is 4.89. The first-order valence-corrected chi connectivity index (χ1v) is 7.53. The van der Waals surface area contributed by atoms with E-state index >= 15 is 0 Å². The fourth-order valence-corrected chi connectivity index (χ4v) is 2.32. The monoisotopic (exact) mass is 289 g/mol.